The zero-order valence-corrected chi connectivity index (χ0v) is 15.6. The van der Waals surface area contributed by atoms with E-state index in [2.05, 4.69) is 25.4 Å². The molecule has 2 aliphatic heterocycles. The smallest absolute Gasteiger partial charge is 0.265 e. The van der Waals surface area contributed by atoms with E-state index >= 15 is 0 Å². The number of carbonyl (C=O) groups excluding carboxylic acids is 2. The first kappa shape index (κ1) is 17.0. The Kier molecular flexibility index (Phi) is 3.97. The Bertz CT molecular complexity index is 979. The third-order valence-electron chi connectivity index (χ3n) is 5.44. The number of likely N-dealkylation sites (tertiary alicyclic amines) is 2. The Hall–Kier alpha value is -3.08. The molecule has 10 nitrogen and oxygen atoms in total. The number of nitrogens with one attached hydrogen (secondary N) is 1. The summed E-state index contributed by atoms with van der Waals surface area (Å²) in [7, 11) is 0. The Morgan fingerprint density at radius 1 is 1.39 bits per heavy atom. The number of hydrogen-bond acceptors (Lipinski definition) is 8. The average Bonchev–Trinajstić information content (AvgIpc) is 3.45. The van der Waals surface area contributed by atoms with E-state index < -0.39 is 0 Å². The van der Waals surface area contributed by atoms with Crippen molar-refractivity contribution in [2.24, 2.45) is 5.41 Å². The van der Waals surface area contributed by atoms with Crippen molar-refractivity contribution in [1.29, 1.82) is 0 Å². The molecule has 5 heterocycles. The minimum absolute atomic E-state index is 0.0499. The number of H-pyrrole nitrogens is 1. The van der Waals surface area contributed by atoms with Gasteiger partial charge in [-0.15, -0.1) is 21.5 Å². The molecule has 2 saturated heterocycles. The Morgan fingerprint density at radius 3 is 3.00 bits per heavy atom. The topological polar surface area (TPSA) is 121 Å². The van der Waals surface area contributed by atoms with Crippen LogP contribution in [0.25, 0.3) is 0 Å². The van der Waals surface area contributed by atoms with Crippen molar-refractivity contribution >= 4 is 23.7 Å². The van der Waals surface area contributed by atoms with Crippen LogP contribution in [0.2, 0.25) is 0 Å². The number of hydrogen-bond donors (Lipinski definition) is 1. The van der Waals surface area contributed by atoms with Gasteiger partial charge >= 0.3 is 0 Å². The molecule has 0 saturated carbocycles. The van der Waals surface area contributed by atoms with Crippen LogP contribution in [-0.2, 0) is 11.2 Å². The highest BCUT2D eigenvalue weighted by molar-refractivity contribution is 7.11. The van der Waals surface area contributed by atoms with E-state index in [-0.39, 0.29) is 17.2 Å². The second kappa shape index (κ2) is 6.51. The van der Waals surface area contributed by atoms with Crippen molar-refractivity contribution in [2.45, 2.75) is 12.3 Å². The van der Waals surface area contributed by atoms with Crippen molar-refractivity contribution in [1.82, 2.24) is 35.2 Å². The van der Waals surface area contributed by atoms with E-state index in [1.807, 2.05) is 6.07 Å². The highest BCUT2D eigenvalue weighted by atomic mass is 32.1. The number of thiazole rings is 1. The molecule has 1 spiro atoms. The second-order valence-corrected chi connectivity index (χ2v) is 8.16. The molecule has 144 valence electrons. The molecule has 28 heavy (non-hydrogen) atoms. The SMILES string of the molecule is O=CN1CC2(C1)CN(C(=O)c1cncs1)CC2c1nnc(Cc2ccn[nH]2)o1. The lowest BCUT2D eigenvalue weighted by atomic mass is 9.72. The van der Waals surface area contributed by atoms with Gasteiger partial charge in [-0.1, -0.05) is 0 Å². The first-order valence-electron chi connectivity index (χ1n) is 8.84. The van der Waals surface area contributed by atoms with Gasteiger partial charge in [0, 0.05) is 43.5 Å². The fourth-order valence-electron chi connectivity index (χ4n) is 4.12. The summed E-state index contributed by atoms with van der Waals surface area (Å²) in [5.74, 6) is 0.850. The minimum Gasteiger partial charge on any atom is -0.424 e. The predicted molar refractivity (Wildman–Crippen MR) is 96.5 cm³/mol. The van der Waals surface area contributed by atoms with Crippen molar-refractivity contribution in [2.75, 3.05) is 26.2 Å². The first-order valence-corrected chi connectivity index (χ1v) is 9.72. The largest absolute Gasteiger partial charge is 0.424 e. The maximum Gasteiger partial charge on any atom is 0.265 e. The maximum atomic E-state index is 12.8. The molecule has 5 rings (SSSR count). The lowest BCUT2D eigenvalue weighted by Crippen LogP contribution is -2.59. The number of rotatable bonds is 5. The van der Waals surface area contributed by atoms with Gasteiger partial charge in [-0.25, -0.2) is 0 Å². The molecule has 1 unspecified atom stereocenters. The van der Waals surface area contributed by atoms with Crippen LogP contribution in [0.5, 0.6) is 0 Å². The zero-order valence-electron chi connectivity index (χ0n) is 14.8. The van der Waals surface area contributed by atoms with Crippen LogP contribution in [0, 0.1) is 5.41 Å². The number of amides is 2. The second-order valence-electron chi connectivity index (χ2n) is 7.27. The van der Waals surface area contributed by atoms with Gasteiger partial charge in [-0.05, 0) is 6.07 Å². The molecular weight excluding hydrogens is 382 g/mol. The standard InChI is InChI=1S/C17H17N7O3S/c25-10-23-6-17(7-23)8-24(16(26)13-4-18-9-28-13)5-12(17)15-22-21-14(27-15)3-11-1-2-19-20-11/h1-2,4,9-10,12H,3,5-8H2,(H,19,20). The van der Waals surface area contributed by atoms with E-state index in [1.165, 1.54) is 11.3 Å². The normalized spacial score (nSPS) is 20.5. The van der Waals surface area contributed by atoms with Crippen LogP contribution in [0.15, 0.2) is 28.4 Å². The number of nitrogens with zero attached hydrogens (tertiary/aromatic N) is 6. The van der Waals surface area contributed by atoms with Gasteiger partial charge in [0.1, 0.15) is 4.88 Å². The van der Waals surface area contributed by atoms with Gasteiger partial charge in [-0.3, -0.25) is 19.7 Å². The van der Waals surface area contributed by atoms with Gasteiger partial charge in [0.2, 0.25) is 18.2 Å². The number of aromatic amines is 1. The van der Waals surface area contributed by atoms with Gasteiger partial charge in [0.05, 0.1) is 24.0 Å². The first-order chi connectivity index (χ1) is 13.7. The van der Waals surface area contributed by atoms with Gasteiger partial charge in [0.15, 0.2) is 0 Å². The zero-order chi connectivity index (χ0) is 19.1. The van der Waals surface area contributed by atoms with Crippen molar-refractivity contribution in [3.8, 4) is 0 Å². The highest BCUT2D eigenvalue weighted by Crippen LogP contribution is 2.48. The van der Waals surface area contributed by atoms with Gasteiger partial charge in [0.25, 0.3) is 5.91 Å². The molecule has 0 bridgehead atoms. The highest BCUT2D eigenvalue weighted by Gasteiger charge is 2.57. The minimum atomic E-state index is -0.251. The van der Waals surface area contributed by atoms with Gasteiger partial charge < -0.3 is 14.2 Å². The summed E-state index contributed by atoms with van der Waals surface area (Å²) in [5, 5.41) is 15.2. The van der Waals surface area contributed by atoms with E-state index in [0.29, 0.717) is 49.3 Å². The van der Waals surface area contributed by atoms with Crippen LogP contribution >= 0.6 is 11.3 Å². The van der Waals surface area contributed by atoms with Crippen LogP contribution in [-0.4, -0.2) is 73.7 Å². The summed E-state index contributed by atoms with van der Waals surface area (Å²) in [6, 6.07) is 1.85. The molecular formula is C17H17N7O3S. The van der Waals surface area contributed by atoms with Crippen LogP contribution in [0.3, 0.4) is 0 Å². The molecule has 11 heteroatoms. The van der Waals surface area contributed by atoms with Crippen LogP contribution in [0.4, 0.5) is 0 Å². The van der Waals surface area contributed by atoms with Crippen LogP contribution in [0.1, 0.15) is 33.1 Å². The molecule has 3 aromatic rings. The molecule has 2 aliphatic rings. The van der Waals surface area contributed by atoms with E-state index in [0.717, 1.165) is 12.1 Å². The lowest BCUT2D eigenvalue weighted by molar-refractivity contribution is -0.129. The summed E-state index contributed by atoms with van der Waals surface area (Å²) in [6.07, 6.45) is 4.56. The van der Waals surface area contributed by atoms with Crippen molar-refractivity contribution in [3.63, 3.8) is 0 Å². The Morgan fingerprint density at radius 2 is 2.29 bits per heavy atom. The Balaban J connectivity index is 1.39. The van der Waals surface area contributed by atoms with Crippen molar-refractivity contribution < 1.29 is 14.0 Å². The summed E-state index contributed by atoms with van der Waals surface area (Å²) >= 11 is 1.32. The average molecular weight is 399 g/mol. The number of aromatic nitrogens is 5. The third-order valence-corrected chi connectivity index (χ3v) is 6.21. The molecule has 3 aromatic heterocycles. The molecule has 1 atom stereocenters. The van der Waals surface area contributed by atoms with Gasteiger partial charge in [-0.2, -0.15) is 5.10 Å². The quantitative estimate of drug-likeness (QED) is 0.622. The number of carbonyl (C=O) groups is 2. The van der Waals surface area contributed by atoms with E-state index in [4.69, 9.17) is 4.42 Å². The molecule has 0 radical (unpaired) electrons. The fraction of sp³-hybridized carbons (Fsp3) is 0.412. The summed E-state index contributed by atoms with van der Waals surface area (Å²) < 4.78 is 5.94. The van der Waals surface area contributed by atoms with E-state index in [1.54, 1.807) is 27.7 Å². The molecule has 0 aromatic carbocycles. The third kappa shape index (κ3) is 2.78. The van der Waals surface area contributed by atoms with Crippen molar-refractivity contribution in [3.05, 3.63) is 46.3 Å². The lowest BCUT2D eigenvalue weighted by Gasteiger charge is -2.48. The Labute approximate surface area is 163 Å². The van der Waals surface area contributed by atoms with Crippen LogP contribution < -0.4 is 0 Å². The molecule has 0 aliphatic carbocycles. The molecule has 2 amide bonds. The monoisotopic (exact) mass is 399 g/mol. The summed E-state index contributed by atoms with van der Waals surface area (Å²) in [5.41, 5.74) is 2.28. The molecule has 1 N–H and O–H groups in total. The maximum absolute atomic E-state index is 12.8. The summed E-state index contributed by atoms with van der Waals surface area (Å²) in [6.45, 7) is 2.18. The van der Waals surface area contributed by atoms with E-state index in [9.17, 15) is 9.59 Å². The molecule has 2 fully saturated rings. The fourth-order valence-corrected chi connectivity index (χ4v) is 4.71. The summed E-state index contributed by atoms with van der Waals surface area (Å²) in [4.78, 5) is 32.1. The predicted octanol–water partition coefficient (Wildman–Crippen LogP) is 0.538.